The summed E-state index contributed by atoms with van der Waals surface area (Å²) in [6.45, 7) is 7.90. The van der Waals surface area contributed by atoms with Gasteiger partial charge in [-0.1, -0.05) is 12.1 Å². The highest BCUT2D eigenvalue weighted by Crippen LogP contribution is 2.35. The Labute approximate surface area is 222 Å². The van der Waals surface area contributed by atoms with Gasteiger partial charge in [0.25, 0.3) is 0 Å². The van der Waals surface area contributed by atoms with Crippen LogP contribution in [0.15, 0.2) is 36.4 Å². The van der Waals surface area contributed by atoms with Crippen molar-refractivity contribution in [2.24, 2.45) is 5.92 Å². The number of rotatable bonds is 4. The molecule has 2 amide bonds. The average Bonchev–Trinajstić information content (AvgIpc) is 3.51. The molecule has 3 heterocycles. The number of anilines is 1. The number of nitrogens with zero attached hydrogens (tertiary/aromatic N) is 3. The number of carbonyl (C=O) groups excluding carboxylic acids is 2. The monoisotopic (exact) mass is 521 g/mol. The van der Waals surface area contributed by atoms with Gasteiger partial charge in [0.2, 0.25) is 5.91 Å². The van der Waals surface area contributed by atoms with Crippen molar-refractivity contribution in [3.05, 3.63) is 47.8 Å². The minimum Gasteiger partial charge on any atom is -0.444 e. The molecule has 1 atom stereocenters. The maximum absolute atomic E-state index is 15.4. The molecular formula is C29H36FN5O3. The zero-order valence-corrected chi connectivity index (χ0v) is 22.5. The van der Waals surface area contributed by atoms with E-state index >= 15 is 4.39 Å². The number of piperidine rings is 1. The first-order valence-corrected chi connectivity index (χ1v) is 13.4. The van der Waals surface area contributed by atoms with E-state index in [9.17, 15) is 9.59 Å². The number of halogens is 1. The predicted molar refractivity (Wildman–Crippen MR) is 145 cm³/mol. The highest BCUT2D eigenvalue weighted by atomic mass is 19.1. The van der Waals surface area contributed by atoms with Crippen LogP contribution in [0, 0.1) is 11.7 Å². The number of likely N-dealkylation sites (tertiary alicyclic amines) is 2. The van der Waals surface area contributed by atoms with Crippen LogP contribution in [0.1, 0.15) is 58.1 Å². The second-order valence-corrected chi connectivity index (χ2v) is 11.4. The molecule has 8 nitrogen and oxygen atoms in total. The van der Waals surface area contributed by atoms with Crippen LogP contribution in [-0.2, 0) is 9.53 Å². The molecular weight excluding hydrogens is 485 g/mol. The maximum Gasteiger partial charge on any atom is 0.410 e. The summed E-state index contributed by atoms with van der Waals surface area (Å²) >= 11 is 0. The highest BCUT2D eigenvalue weighted by molar-refractivity contribution is 6.01. The first-order valence-electron chi connectivity index (χ1n) is 13.4. The second-order valence-electron chi connectivity index (χ2n) is 11.4. The van der Waals surface area contributed by atoms with Gasteiger partial charge in [0.1, 0.15) is 22.8 Å². The van der Waals surface area contributed by atoms with E-state index in [4.69, 9.17) is 4.74 Å². The number of fused-ring (bicyclic) bond motifs is 1. The van der Waals surface area contributed by atoms with Crippen molar-refractivity contribution in [1.82, 2.24) is 19.8 Å². The van der Waals surface area contributed by atoms with Gasteiger partial charge in [0.05, 0.1) is 22.8 Å². The van der Waals surface area contributed by atoms with Gasteiger partial charge >= 0.3 is 6.09 Å². The van der Waals surface area contributed by atoms with Crippen LogP contribution >= 0.6 is 0 Å². The number of hydrogen-bond donors (Lipinski definition) is 2. The molecule has 3 aromatic rings. The molecule has 0 saturated carbocycles. The van der Waals surface area contributed by atoms with E-state index in [1.807, 2.05) is 45.0 Å². The molecule has 38 heavy (non-hydrogen) atoms. The predicted octanol–water partition coefficient (Wildman–Crippen LogP) is 5.72. The maximum atomic E-state index is 15.4. The Bertz CT molecular complexity index is 1340. The topological polar surface area (TPSA) is 90.6 Å². The molecule has 202 valence electrons. The zero-order valence-electron chi connectivity index (χ0n) is 22.5. The number of H-pyrrole nitrogens is 1. The van der Waals surface area contributed by atoms with E-state index in [-0.39, 0.29) is 24.0 Å². The summed E-state index contributed by atoms with van der Waals surface area (Å²) in [4.78, 5) is 37.4. The quantitative estimate of drug-likeness (QED) is 0.458. The average molecular weight is 522 g/mol. The smallest absolute Gasteiger partial charge is 0.410 e. The molecule has 2 aliphatic rings. The molecule has 1 aromatic heterocycles. The fraction of sp³-hybridized carbons (Fsp3) is 0.483. The number of imidazole rings is 1. The molecule has 2 saturated heterocycles. The molecule has 0 bridgehead atoms. The number of para-hydroxylation sites is 1. The van der Waals surface area contributed by atoms with Crippen molar-refractivity contribution in [2.45, 2.75) is 58.1 Å². The fourth-order valence-electron chi connectivity index (χ4n) is 5.35. The Morgan fingerprint density at radius 3 is 2.58 bits per heavy atom. The Morgan fingerprint density at radius 2 is 1.87 bits per heavy atom. The first-order chi connectivity index (χ1) is 18.1. The van der Waals surface area contributed by atoms with Crippen LogP contribution in [0.5, 0.6) is 0 Å². The van der Waals surface area contributed by atoms with Crippen molar-refractivity contribution >= 4 is 28.7 Å². The lowest BCUT2D eigenvalue weighted by atomic mass is 9.96. The molecule has 0 aliphatic carbocycles. The van der Waals surface area contributed by atoms with Gasteiger partial charge < -0.3 is 24.8 Å². The summed E-state index contributed by atoms with van der Waals surface area (Å²) < 4.78 is 21.0. The Hall–Kier alpha value is -3.46. The number of benzene rings is 2. The first kappa shape index (κ1) is 26.2. The fourth-order valence-corrected chi connectivity index (χ4v) is 5.35. The normalized spacial score (nSPS) is 19.2. The molecule has 2 fully saturated rings. The standard InChI is InChI=1S/C29H36FN5O3/c1-29(2,3)38-28(37)35-14-6-9-24(35)19-10-11-20(21(30)17-19)26-31-22-7-5-8-23(25(22)33-26)32-27(36)18-12-15-34(4)16-13-18/h5,7-8,10-11,17-18,24H,6,9,12-16H2,1-4H3,(H,31,33)(H,32,36). The number of aromatic amines is 1. The Balaban J connectivity index is 1.36. The Morgan fingerprint density at radius 1 is 1.11 bits per heavy atom. The number of nitrogens with one attached hydrogen (secondary N) is 2. The van der Waals surface area contributed by atoms with Gasteiger partial charge in [-0.05, 0) is 96.4 Å². The lowest BCUT2D eigenvalue weighted by molar-refractivity contribution is -0.121. The van der Waals surface area contributed by atoms with Gasteiger partial charge in [-0.25, -0.2) is 14.2 Å². The lowest BCUT2D eigenvalue weighted by Gasteiger charge is -2.29. The molecule has 2 N–H and O–H groups in total. The van der Waals surface area contributed by atoms with Crippen molar-refractivity contribution < 1.29 is 18.7 Å². The molecule has 9 heteroatoms. The van der Waals surface area contributed by atoms with Gasteiger partial charge in [-0.2, -0.15) is 0 Å². The van der Waals surface area contributed by atoms with E-state index < -0.39 is 11.4 Å². The van der Waals surface area contributed by atoms with Crippen molar-refractivity contribution in [3.8, 4) is 11.4 Å². The minimum atomic E-state index is -0.591. The summed E-state index contributed by atoms with van der Waals surface area (Å²) in [6, 6.07) is 10.3. The summed E-state index contributed by atoms with van der Waals surface area (Å²) in [5.41, 5.74) is 2.41. The number of aromatic nitrogens is 2. The highest BCUT2D eigenvalue weighted by Gasteiger charge is 2.33. The van der Waals surface area contributed by atoms with Gasteiger partial charge in [0, 0.05) is 12.5 Å². The zero-order chi connectivity index (χ0) is 27.0. The third-order valence-corrected chi connectivity index (χ3v) is 7.37. The van der Waals surface area contributed by atoms with Gasteiger partial charge in [-0.15, -0.1) is 0 Å². The van der Waals surface area contributed by atoms with E-state index in [2.05, 4.69) is 27.2 Å². The summed E-state index contributed by atoms with van der Waals surface area (Å²) in [5.74, 6) is -0.0626. The van der Waals surface area contributed by atoms with E-state index in [0.29, 0.717) is 29.1 Å². The van der Waals surface area contributed by atoms with Crippen LogP contribution in [0.25, 0.3) is 22.4 Å². The lowest BCUT2D eigenvalue weighted by Crippen LogP contribution is -2.36. The molecule has 2 aliphatic heterocycles. The van der Waals surface area contributed by atoms with Crippen LogP contribution in [0.3, 0.4) is 0 Å². The second kappa shape index (κ2) is 10.4. The minimum absolute atomic E-state index is 0.00297. The van der Waals surface area contributed by atoms with Gasteiger partial charge in [0.15, 0.2) is 0 Å². The number of hydrogen-bond acceptors (Lipinski definition) is 5. The Kier molecular flexibility index (Phi) is 7.13. The van der Waals surface area contributed by atoms with Crippen LogP contribution < -0.4 is 5.32 Å². The number of amides is 2. The van der Waals surface area contributed by atoms with Crippen LogP contribution in [-0.4, -0.2) is 64.1 Å². The molecule has 1 unspecified atom stereocenters. The number of carbonyl (C=O) groups is 2. The van der Waals surface area contributed by atoms with E-state index in [1.165, 1.54) is 6.07 Å². The van der Waals surface area contributed by atoms with Crippen LogP contribution in [0.4, 0.5) is 14.9 Å². The van der Waals surface area contributed by atoms with Crippen molar-refractivity contribution in [1.29, 1.82) is 0 Å². The van der Waals surface area contributed by atoms with E-state index in [0.717, 1.165) is 49.9 Å². The largest absolute Gasteiger partial charge is 0.444 e. The molecule has 0 radical (unpaired) electrons. The summed E-state index contributed by atoms with van der Waals surface area (Å²) in [7, 11) is 2.07. The third kappa shape index (κ3) is 5.53. The summed E-state index contributed by atoms with van der Waals surface area (Å²) in [5, 5.41) is 3.04. The summed E-state index contributed by atoms with van der Waals surface area (Å²) in [6.07, 6.45) is 2.87. The van der Waals surface area contributed by atoms with Gasteiger partial charge in [-0.3, -0.25) is 4.79 Å². The SMILES string of the molecule is CN1CCC(C(=O)Nc2cccc3[nH]c(-c4ccc(C5CCCN5C(=O)OC(C)(C)C)cc4F)nc23)CC1. The number of ether oxygens (including phenoxy) is 1. The molecule has 0 spiro atoms. The van der Waals surface area contributed by atoms with Crippen molar-refractivity contribution in [2.75, 3.05) is 32.0 Å². The third-order valence-electron chi connectivity index (χ3n) is 7.37. The van der Waals surface area contributed by atoms with E-state index in [1.54, 1.807) is 11.0 Å². The van der Waals surface area contributed by atoms with Crippen LogP contribution in [0.2, 0.25) is 0 Å². The molecule has 2 aromatic carbocycles. The van der Waals surface area contributed by atoms with Crippen molar-refractivity contribution in [3.63, 3.8) is 0 Å². The molecule has 5 rings (SSSR count).